The number of pyridine rings is 2. The molecule has 3 N–H and O–H groups in total. The summed E-state index contributed by atoms with van der Waals surface area (Å²) in [5.74, 6) is 31.5. The average molecular weight is 1100 g/mol. The van der Waals surface area contributed by atoms with Crippen molar-refractivity contribution in [2.75, 3.05) is 26.4 Å². The number of para-hydroxylation sites is 2. The summed E-state index contributed by atoms with van der Waals surface area (Å²) in [4.78, 5) is 39.1. The van der Waals surface area contributed by atoms with Crippen LogP contribution in [0.5, 0.6) is 17.2 Å². The molecule has 6 aromatic rings. The number of nitrogens with zero attached hydrogens (tertiary/aromatic N) is 2. The Morgan fingerprint density at radius 3 is 1.30 bits per heavy atom. The molecule has 0 radical (unpaired) electrons. The quantitative estimate of drug-likeness (QED) is 0.0114. The van der Waals surface area contributed by atoms with Crippen molar-refractivity contribution < 1.29 is 87.6 Å². The first kappa shape index (κ1) is 62.2. The van der Waals surface area contributed by atoms with E-state index in [2.05, 4.69) is 131 Å². The van der Waals surface area contributed by atoms with Crippen molar-refractivity contribution in [1.29, 1.82) is 0 Å². The molecule has 15 nitrogen and oxygen atoms in total. The van der Waals surface area contributed by atoms with E-state index in [-0.39, 0.29) is 51.4 Å². The first-order valence-corrected chi connectivity index (χ1v) is 22.4. The Kier molecular flexibility index (Phi) is 26.7. The van der Waals surface area contributed by atoms with Crippen molar-refractivity contribution in [2.24, 2.45) is 0 Å². The molecule has 0 aliphatic carbocycles. The van der Waals surface area contributed by atoms with Gasteiger partial charge in [0.25, 0.3) is 0 Å². The molecule has 4 heterocycles. The molecule has 0 amide bonds. The summed E-state index contributed by atoms with van der Waals surface area (Å²) in [6.45, 7) is 5.52. The largest absolute Gasteiger partial charge is 0.490 e. The van der Waals surface area contributed by atoms with Crippen LogP contribution < -0.4 is 19.9 Å². The molecule has 2 fully saturated rings. The molecular formula is C60H50F5N3O12. The molecule has 2 unspecified atom stereocenters. The van der Waals surface area contributed by atoms with Gasteiger partial charge in [0, 0.05) is 30.0 Å². The van der Waals surface area contributed by atoms with Crippen LogP contribution in [-0.4, -0.2) is 71.1 Å². The summed E-state index contributed by atoms with van der Waals surface area (Å²) < 4.78 is 98.7. The number of hydrogen-bond donors (Lipinski definition) is 3. The number of hydrogen-bond acceptors (Lipinski definition) is 15. The average Bonchev–Trinajstić information content (AvgIpc) is 4.65. The van der Waals surface area contributed by atoms with Crippen molar-refractivity contribution in [3.8, 4) is 124 Å². The van der Waals surface area contributed by atoms with E-state index < -0.39 is 52.5 Å². The maximum atomic E-state index is 13.8. The molecule has 4 aromatic carbocycles. The van der Waals surface area contributed by atoms with Gasteiger partial charge in [-0.3, -0.25) is 0 Å². The number of esters is 2. The molecule has 20 heteroatoms. The maximum absolute atomic E-state index is 13.8. The zero-order valence-electron chi connectivity index (χ0n) is 41.1. The monoisotopic (exact) mass is 1100 g/mol. The van der Waals surface area contributed by atoms with Crippen LogP contribution in [0.1, 0.15) is 54.9 Å². The number of carbonyl (C=O) groups is 2. The van der Waals surface area contributed by atoms with Gasteiger partial charge in [-0.2, -0.15) is 8.78 Å². The normalized spacial score (nSPS) is 12.0. The molecule has 0 bridgehead atoms. The lowest BCUT2D eigenvalue weighted by molar-refractivity contribution is -0.456. The first-order chi connectivity index (χ1) is 38.5. The minimum Gasteiger partial charge on any atom is -0.490 e. The van der Waals surface area contributed by atoms with Crippen LogP contribution in [0.25, 0.3) is 21.8 Å². The number of halogens is 5. The van der Waals surface area contributed by atoms with Crippen molar-refractivity contribution in [3.05, 3.63) is 137 Å². The van der Waals surface area contributed by atoms with E-state index in [4.69, 9.17) is 34.2 Å². The van der Waals surface area contributed by atoms with Crippen LogP contribution >= 0.6 is 0 Å². The lowest BCUT2D eigenvalue weighted by Gasteiger charge is -2.11. The van der Waals surface area contributed by atoms with Crippen LogP contribution in [0.15, 0.2) is 91.0 Å². The Morgan fingerprint density at radius 1 is 0.562 bits per heavy atom. The second kappa shape index (κ2) is 34.3. The maximum Gasteiger partial charge on any atom is 0.362 e. The standard InChI is InChI=1S/C20H17NO4.C20H6.C19H10F5NO4.CH4.H3NO4.5H2/c22-20(25-11-14-6-2-1-3-7-14)18-10-19(24-13-15-12-23-15)16-8-4-5-9-17(16)21-18;1-3-5-7-9-11-13-15-17-19-20-18-16-14-12-10-8-6-4-2;20-13-14(21)16(23)18(17(24)15(13)22)29-19(26)11-5-12(28-7-8-6-27-8)9-3-1-2-4-10(9)25-11;;2-4-1-5-3;;;;;/h1-10,15H,11-13H2;1-2H3;1-5,8H,6-7H2;1H4;1-3H;5*1H. The molecule has 0 spiro atoms. The predicted octanol–water partition coefficient (Wildman–Crippen LogP) is 9.60. The van der Waals surface area contributed by atoms with E-state index >= 15 is 0 Å². The summed E-state index contributed by atoms with van der Waals surface area (Å²) in [7, 11) is 0. The van der Waals surface area contributed by atoms with Crippen LogP contribution in [0.3, 0.4) is 0 Å². The van der Waals surface area contributed by atoms with Gasteiger partial charge in [0.2, 0.25) is 34.8 Å². The summed E-state index contributed by atoms with van der Waals surface area (Å²) >= 11 is 0. The van der Waals surface area contributed by atoms with Gasteiger partial charge < -0.3 is 28.4 Å². The third-order valence-electron chi connectivity index (χ3n) is 9.27. The van der Waals surface area contributed by atoms with Gasteiger partial charge in [-0.1, -0.05) is 73.9 Å². The third kappa shape index (κ3) is 21.0. The zero-order valence-corrected chi connectivity index (χ0v) is 41.1. The highest BCUT2D eigenvalue weighted by Gasteiger charge is 2.30. The van der Waals surface area contributed by atoms with Crippen LogP contribution in [0.4, 0.5) is 22.0 Å². The molecule has 8 rings (SSSR count). The Labute approximate surface area is 463 Å². The highest BCUT2D eigenvalue weighted by molar-refractivity contribution is 5.95. The lowest BCUT2D eigenvalue weighted by Crippen LogP contribution is -2.15. The number of aromatic nitrogens is 2. The highest BCUT2D eigenvalue weighted by atomic mass is 19.2. The zero-order chi connectivity index (χ0) is 56.6. The number of rotatable bonds is 13. The molecular weight excluding hydrogens is 1050 g/mol. The Balaban J connectivity index is 0. The topological polar surface area (TPSA) is 193 Å². The van der Waals surface area contributed by atoms with Crippen LogP contribution in [0, 0.1) is 136 Å². The van der Waals surface area contributed by atoms with Crippen LogP contribution in [0.2, 0.25) is 0 Å². The summed E-state index contributed by atoms with van der Waals surface area (Å²) in [5.41, 5.74) is 2.94. The molecule has 2 aliphatic heterocycles. The number of epoxide rings is 2. The van der Waals surface area contributed by atoms with Gasteiger partial charge in [-0.05, 0) is 144 Å². The Bertz CT molecular complexity index is 3700. The fraction of sp³-hybridized carbons (Fsp3) is 0.167. The second-order valence-electron chi connectivity index (χ2n) is 14.7. The van der Waals surface area contributed by atoms with Crippen molar-refractivity contribution >= 4 is 33.7 Å². The Morgan fingerprint density at radius 2 is 0.925 bits per heavy atom. The Hall–Kier alpha value is -10.4. The SMILES string of the molecule is C.CC#CC#CC#CC#CC#CC#CC#CC#CC#CC.O=C(OCc1ccccc1)c1cc(OCC2CO2)c2ccccc2n1.O=C(Oc1c(F)c(F)c(F)c(F)c1F)c1cc(OCC2CO2)c2ccccc2n1.OONOO.[HH].[HH].[HH].[HH].[HH]. The number of nitrogens with one attached hydrogen (secondary N) is 1. The van der Waals surface area contributed by atoms with E-state index in [9.17, 15) is 31.5 Å². The number of benzene rings is 4. The summed E-state index contributed by atoms with van der Waals surface area (Å²) in [6.07, 6.45) is 0.0473. The molecule has 2 atom stereocenters. The van der Waals surface area contributed by atoms with Gasteiger partial charge in [-0.25, -0.2) is 43.2 Å². The van der Waals surface area contributed by atoms with E-state index in [1.54, 1.807) is 44.2 Å². The minimum atomic E-state index is -2.36. The van der Waals surface area contributed by atoms with Gasteiger partial charge in [0.05, 0.1) is 24.2 Å². The van der Waals surface area contributed by atoms with E-state index in [0.717, 1.165) is 23.6 Å². The summed E-state index contributed by atoms with van der Waals surface area (Å²) in [5, 5.41) is 15.7. The van der Waals surface area contributed by atoms with Gasteiger partial charge in [0.15, 0.2) is 11.4 Å². The van der Waals surface area contributed by atoms with Crippen molar-refractivity contribution in [3.63, 3.8) is 0 Å². The van der Waals surface area contributed by atoms with Gasteiger partial charge in [-0.15, -0.1) is 9.98 Å². The molecule has 2 aromatic heterocycles. The minimum absolute atomic E-state index is 0. The molecule has 412 valence electrons. The van der Waals surface area contributed by atoms with E-state index in [1.165, 1.54) is 5.64 Å². The second-order valence-corrected chi connectivity index (χ2v) is 14.7. The molecule has 2 saturated heterocycles. The van der Waals surface area contributed by atoms with Gasteiger partial charge in [0.1, 0.15) is 43.5 Å². The van der Waals surface area contributed by atoms with E-state index in [0.29, 0.717) is 35.4 Å². The smallest absolute Gasteiger partial charge is 0.362 e. The predicted molar refractivity (Wildman–Crippen MR) is 290 cm³/mol. The number of fused-ring (bicyclic) bond motifs is 2. The highest BCUT2D eigenvalue weighted by Crippen LogP contribution is 2.32. The fourth-order valence-electron chi connectivity index (χ4n) is 5.62. The fourth-order valence-corrected chi connectivity index (χ4v) is 5.62. The molecule has 80 heavy (non-hydrogen) atoms. The lowest BCUT2D eigenvalue weighted by atomic mass is 10.2. The summed E-state index contributed by atoms with van der Waals surface area (Å²) in [6, 6.07) is 26.5. The van der Waals surface area contributed by atoms with E-state index in [1.807, 2.05) is 54.6 Å². The third-order valence-corrected chi connectivity index (χ3v) is 9.27. The molecule has 0 saturated carbocycles. The molecule has 2 aliphatic rings. The number of carbonyl (C=O) groups excluding carboxylic acids is 2. The van der Waals surface area contributed by atoms with Crippen molar-refractivity contribution in [1.82, 2.24) is 15.6 Å². The van der Waals surface area contributed by atoms with Crippen molar-refractivity contribution in [2.45, 2.75) is 40.1 Å². The van der Waals surface area contributed by atoms with Crippen LogP contribution in [-0.2, 0) is 30.8 Å². The van der Waals surface area contributed by atoms with Gasteiger partial charge >= 0.3 is 11.9 Å². The number of ether oxygens (including phenoxy) is 6. The first-order valence-electron chi connectivity index (χ1n) is 22.4.